The van der Waals surface area contributed by atoms with Gasteiger partial charge in [0, 0.05) is 47.1 Å². The van der Waals surface area contributed by atoms with Crippen LogP contribution in [0.1, 0.15) is 21.5 Å². The van der Waals surface area contributed by atoms with Crippen molar-refractivity contribution in [2.45, 2.75) is 6.92 Å². The van der Waals surface area contributed by atoms with E-state index in [9.17, 15) is 9.18 Å². The van der Waals surface area contributed by atoms with Crippen molar-refractivity contribution in [3.8, 4) is 11.1 Å². The van der Waals surface area contributed by atoms with Gasteiger partial charge in [0.05, 0.1) is 5.52 Å². The zero-order valence-electron chi connectivity index (χ0n) is 18.3. The summed E-state index contributed by atoms with van der Waals surface area (Å²) in [5, 5.41) is 3.68. The number of benzene rings is 3. The zero-order valence-corrected chi connectivity index (χ0v) is 18.3. The molecule has 0 saturated heterocycles. The number of aliphatic imine (C=N–C) groups is 1. The van der Waals surface area contributed by atoms with Gasteiger partial charge < -0.3 is 11.1 Å². The summed E-state index contributed by atoms with van der Waals surface area (Å²) in [6, 6.07) is 21.3. The van der Waals surface area contributed by atoms with Crippen LogP contribution in [0.5, 0.6) is 0 Å². The third-order valence-corrected chi connectivity index (χ3v) is 5.35. The number of carbonyl (C=O) groups excluding carboxylic acids is 1. The van der Waals surface area contributed by atoms with E-state index in [4.69, 9.17) is 5.73 Å². The van der Waals surface area contributed by atoms with Crippen LogP contribution in [0.25, 0.3) is 27.7 Å². The summed E-state index contributed by atoms with van der Waals surface area (Å²) in [5.74, 6) is -0.232. The summed E-state index contributed by atoms with van der Waals surface area (Å²) in [7, 11) is 1.59. The molecule has 3 N–H and O–H groups in total. The van der Waals surface area contributed by atoms with Crippen molar-refractivity contribution in [3.63, 3.8) is 0 Å². The van der Waals surface area contributed by atoms with Gasteiger partial charge in [0.1, 0.15) is 11.7 Å². The largest absolute Gasteiger partial charge is 0.398 e. The van der Waals surface area contributed by atoms with E-state index < -0.39 is 0 Å². The fraction of sp³-hybridized carbons (Fsp3) is 0.0741. The van der Waals surface area contributed by atoms with E-state index in [0.29, 0.717) is 22.6 Å². The molecule has 1 amide bonds. The molecule has 3 aromatic carbocycles. The molecule has 4 rings (SSSR count). The van der Waals surface area contributed by atoms with Crippen LogP contribution in [0.15, 0.2) is 90.1 Å². The number of hydrogen-bond acceptors (Lipinski definition) is 4. The predicted octanol–water partition coefficient (Wildman–Crippen LogP) is 5.11. The second kappa shape index (κ2) is 9.44. The number of aromatic nitrogens is 1. The Morgan fingerprint density at radius 2 is 1.79 bits per heavy atom. The Hall–Kier alpha value is -4.32. The lowest BCUT2D eigenvalue weighted by Gasteiger charge is -2.09. The highest BCUT2D eigenvalue weighted by Gasteiger charge is 2.11. The zero-order chi connectivity index (χ0) is 23.4. The Balaban J connectivity index is 1.55. The maximum atomic E-state index is 13.2. The van der Waals surface area contributed by atoms with Crippen LogP contribution in [-0.2, 0) is 0 Å². The molecule has 0 atom stereocenters. The topological polar surface area (TPSA) is 80.4 Å². The number of nitrogens with two attached hydrogens (primary N) is 1. The van der Waals surface area contributed by atoms with Gasteiger partial charge in [-0.15, -0.1) is 0 Å². The second-order valence-electron chi connectivity index (χ2n) is 7.62. The molecular formula is C27H23FN4O. The molecule has 0 saturated carbocycles. The molecule has 0 aliphatic rings. The van der Waals surface area contributed by atoms with Gasteiger partial charge in [-0.2, -0.15) is 0 Å². The lowest BCUT2D eigenvalue weighted by molar-refractivity contribution is 0.0977. The van der Waals surface area contributed by atoms with E-state index in [1.165, 1.54) is 12.1 Å². The molecule has 0 radical (unpaired) electrons. The van der Waals surface area contributed by atoms with Gasteiger partial charge >= 0.3 is 0 Å². The van der Waals surface area contributed by atoms with Crippen molar-refractivity contribution in [2.24, 2.45) is 10.7 Å². The van der Waals surface area contributed by atoms with Crippen molar-refractivity contribution in [3.05, 3.63) is 108 Å². The van der Waals surface area contributed by atoms with Crippen molar-refractivity contribution in [2.75, 3.05) is 7.05 Å². The fourth-order valence-electron chi connectivity index (χ4n) is 3.53. The average Bonchev–Trinajstić information content (AvgIpc) is 2.83. The molecule has 0 spiro atoms. The Morgan fingerprint density at radius 3 is 2.52 bits per heavy atom. The van der Waals surface area contributed by atoms with Crippen molar-refractivity contribution in [1.29, 1.82) is 0 Å². The molecule has 6 heteroatoms. The van der Waals surface area contributed by atoms with Crippen LogP contribution in [-0.4, -0.2) is 23.8 Å². The van der Waals surface area contributed by atoms with Gasteiger partial charge in [0.2, 0.25) is 0 Å². The first-order chi connectivity index (χ1) is 15.9. The number of nitrogens with one attached hydrogen (secondary N) is 1. The number of aryl methyl sites for hydroxylation is 1. The van der Waals surface area contributed by atoms with Crippen LogP contribution in [0, 0.1) is 12.7 Å². The Bertz CT molecular complexity index is 1390. The summed E-state index contributed by atoms with van der Waals surface area (Å²) in [6.45, 7) is 1.97. The van der Waals surface area contributed by atoms with Gasteiger partial charge in [0.25, 0.3) is 5.91 Å². The molecule has 1 aromatic heterocycles. The standard InChI is InChI=1S/C27H23FN4O/c1-17-5-3-4-6-23(17)24(29)15-26(30-2)32-27(33)20-8-7-19-13-21(16-31-25(19)14-20)18-9-11-22(28)12-10-18/h3-16H,29H2,1-2H3,(H,30,32,33). The minimum atomic E-state index is -0.309. The molecule has 0 bridgehead atoms. The minimum Gasteiger partial charge on any atom is -0.398 e. The molecule has 0 unspecified atom stereocenters. The number of rotatable bonds is 4. The summed E-state index contributed by atoms with van der Waals surface area (Å²) >= 11 is 0. The molecular weight excluding hydrogens is 415 g/mol. The van der Waals surface area contributed by atoms with Crippen LogP contribution < -0.4 is 11.1 Å². The maximum Gasteiger partial charge on any atom is 0.256 e. The highest BCUT2D eigenvalue weighted by atomic mass is 19.1. The number of nitrogens with zero attached hydrogens (tertiary/aromatic N) is 2. The number of halogens is 1. The first-order valence-electron chi connectivity index (χ1n) is 10.4. The first-order valence-corrected chi connectivity index (χ1v) is 10.4. The molecule has 1 heterocycles. The molecule has 5 nitrogen and oxygen atoms in total. The van der Waals surface area contributed by atoms with Gasteiger partial charge in [-0.1, -0.05) is 42.5 Å². The average molecular weight is 439 g/mol. The highest BCUT2D eigenvalue weighted by Crippen LogP contribution is 2.24. The molecule has 33 heavy (non-hydrogen) atoms. The third kappa shape index (κ3) is 4.96. The molecule has 0 fully saturated rings. The number of fused-ring (bicyclic) bond motifs is 1. The van der Waals surface area contributed by atoms with Crippen molar-refractivity contribution in [1.82, 2.24) is 10.3 Å². The van der Waals surface area contributed by atoms with E-state index in [1.54, 1.807) is 43.6 Å². The molecule has 0 aliphatic heterocycles. The number of amidine groups is 1. The van der Waals surface area contributed by atoms with E-state index in [0.717, 1.165) is 27.6 Å². The van der Waals surface area contributed by atoms with E-state index in [-0.39, 0.29) is 11.7 Å². The van der Waals surface area contributed by atoms with E-state index >= 15 is 0 Å². The maximum absolute atomic E-state index is 13.2. The van der Waals surface area contributed by atoms with Crippen molar-refractivity contribution >= 4 is 28.3 Å². The third-order valence-electron chi connectivity index (χ3n) is 5.35. The van der Waals surface area contributed by atoms with Gasteiger partial charge in [-0.05, 0) is 48.4 Å². The summed E-state index contributed by atoms with van der Waals surface area (Å²) in [4.78, 5) is 21.5. The molecule has 164 valence electrons. The first kappa shape index (κ1) is 21.9. The Labute approximate surface area is 191 Å². The minimum absolute atomic E-state index is 0.284. The summed E-state index contributed by atoms with van der Waals surface area (Å²) < 4.78 is 13.2. The predicted molar refractivity (Wildman–Crippen MR) is 131 cm³/mol. The molecule has 4 aromatic rings. The fourth-order valence-corrected chi connectivity index (χ4v) is 3.53. The van der Waals surface area contributed by atoms with E-state index in [1.807, 2.05) is 43.3 Å². The smallest absolute Gasteiger partial charge is 0.256 e. The van der Waals surface area contributed by atoms with Crippen molar-refractivity contribution < 1.29 is 9.18 Å². The number of hydrogen-bond donors (Lipinski definition) is 2. The van der Waals surface area contributed by atoms with Crippen LogP contribution in [0.4, 0.5) is 4.39 Å². The van der Waals surface area contributed by atoms with E-state index in [2.05, 4.69) is 15.3 Å². The Kier molecular flexibility index (Phi) is 6.26. The number of pyridine rings is 1. The lowest BCUT2D eigenvalue weighted by Crippen LogP contribution is -2.29. The Morgan fingerprint density at radius 1 is 1.03 bits per heavy atom. The van der Waals surface area contributed by atoms with Gasteiger partial charge in [-0.25, -0.2) is 4.39 Å². The van der Waals surface area contributed by atoms with Crippen LogP contribution in [0.2, 0.25) is 0 Å². The van der Waals surface area contributed by atoms with Crippen LogP contribution in [0.3, 0.4) is 0 Å². The highest BCUT2D eigenvalue weighted by molar-refractivity contribution is 6.12. The number of carbonyl (C=O) groups is 1. The lowest BCUT2D eigenvalue weighted by atomic mass is 10.0. The quantitative estimate of drug-likeness (QED) is 0.343. The monoisotopic (exact) mass is 438 g/mol. The molecule has 0 aliphatic carbocycles. The number of amides is 1. The SMILES string of the molecule is CN=C(C=C(N)c1ccccc1C)NC(=O)c1ccc2cc(-c3ccc(F)cc3)cnc2c1. The van der Waals surface area contributed by atoms with Crippen LogP contribution >= 0.6 is 0 Å². The normalized spacial score (nSPS) is 12.1. The van der Waals surface area contributed by atoms with Gasteiger partial charge in [-0.3, -0.25) is 14.8 Å². The van der Waals surface area contributed by atoms with Gasteiger partial charge in [0.15, 0.2) is 0 Å². The summed E-state index contributed by atoms with van der Waals surface area (Å²) in [6.07, 6.45) is 3.36. The second-order valence-corrected chi connectivity index (χ2v) is 7.62. The summed E-state index contributed by atoms with van der Waals surface area (Å²) in [5.41, 5.74) is 11.5.